The first-order valence-electron chi connectivity index (χ1n) is 5.16. The smallest absolute Gasteiger partial charge is 0.176 e. The molecule has 0 aliphatic carbocycles. The number of nitrogens with one attached hydrogen (secondary N) is 1. The van der Waals surface area contributed by atoms with Crippen LogP contribution in [0.1, 0.15) is 17.2 Å². The Hall–Kier alpha value is -1.09. The third-order valence-electron chi connectivity index (χ3n) is 2.23. The highest BCUT2D eigenvalue weighted by Crippen LogP contribution is 2.41. The van der Waals surface area contributed by atoms with E-state index in [0.717, 1.165) is 16.2 Å². The van der Waals surface area contributed by atoms with Crippen molar-refractivity contribution < 1.29 is 13.2 Å². The van der Waals surface area contributed by atoms with Gasteiger partial charge < -0.3 is 0 Å². The van der Waals surface area contributed by atoms with E-state index < -0.39 is 17.8 Å². The minimum atomic E-state index is -4.26. The molecule has 2 aromatic rings. The first-order valence-corrected chi connectivity index (χ1v) is 6.83. The average molecular weight is 353 g/mol. The summed E-state index contributed by atoms with van der Waals surface area (Å²) < 4.78 is 38.6. The third-order valence-corrected chi connectivity index (χ3v) is 3.87. The highest BCUT2D eigenvalue weighted by molar-refractivity contribution is 9.10. The SMILES string of the molecule is FC(F)(F)CC(Sc1nn[nH]n1)c1ccc(Br)cc1. The molecular formula is C10H8BrF3N4S. The van der Waals surface area contributed by atoms with E-state index in [0.29, 0.717) is 5.56 Å². The zero-order chi connectivity index (χ0) is 13.9. The van der Waals surface area contributed by atoms with Gasteiger partial charge in [-0.15, -0.1) is 10.2 Å². The number of benzene rings is 1. The van der Waals surface area contributed by atoms with E-state index in [1.54, 1.807) is 24.3 Å². The van der Waals surface area contributed by atoms with Gasteiger partial charge in [0.2, 0.25) is 5.16 Å². The quantitative estimate of drug-likeness (QED) is 0.851. The van der Waals surface area contributed by atoms with Gasteiger partial charge in [-0.05, 0) is 22.9 Å². The number of aromatic amines is 1. The van der Waals surface area contributed by atoms with Crippen molar-refractivity contribution >= 4 is 27.7 Å². The van der Waals surface area contributed by atoms with Crippen molar-refractivity contribution in [3.05, 3.63) is 34.3 Å². The number of aromatic nitrogens is 4. The first-order chi connectivity index (χ1) is 8.94. The van der Waals surface area contributed by atoms with Gasteiger partial charge in [-0.2, -0.15) is 18.4 Å². The van der Waals surface area contributed by atoms with Crippen LogP contribution < -0.4 is 0 Å². The predicted octanol–water partition coefficient (Wildman–Crippen LogP) is 3.75. The summed E-state index contributed by atoms with van der Waals surface area (Å²) >= 11 is 4.18. The van der Waals surface area contributed by atoms with Crippen molar-refractivity contribution in [3.63, 3.8) is 0 Å². The molecule has 102 valence electrons. The van der Waals surface area contributed by atoms with Crippen LogP contribution >= 0.6 is 27.7 Å². The van der Waals surface area contributed by atoms with Gasteiger partial charge in [-0.3, -0.25) is 0 Å². The number of nitrogens with zero attached hydrogens (tertiary/aromatic N) is 3. The Balaban J connectivity index is 2.20. The van der Waals surface area contributed by atoms with Crippen molar-refractivity contribution in [3.8, 4) is 0 Å². The summed E-state index contributed by atoms with van der Waals surface area (Å²) in [5.41, 5.74) is 0.565. The van der Waals surface area contributed by atoms with Crippen molar-refractivity contribution in [2.45, 2.75) is 23.0 Å². The summed E-state index contributed by atoms with van der Waals surface area (Å²) in [5, 5.41) is 12.3. The number of thioether (sulfide) groups is 1. The molecule has 0 bridgehead atoms. The van der Waals surface area contributed by atoms with Crippen LogP contribution in [0.25, 0.3) is 0 Å². The van der Waals surface area contributed by atoms with Gasteiger partial charge in [0.25, 0.3) is 0 Å². The molecule has 1 unspecified atom stereocenters. The highest BCUT2D eigenvalue weighted by atomic mass is 79.9. The Morgan fingerprint density at radius 1 is 1.26 bits per heavy atom. The maximum absolute atomic E-state index is 12.6. The molecule has 1 aromatic heterocycles. The van der Waals surface area contributed by atoms with E-state index in [9.17, 15) is 13.2 Å². The van der Waals surface area contributed by atoms with Crippen molar-refractivity contribution in [1.29, 1.82) is 0 Å². The second kappa shape index (κ2) is 5.91. The lowest BCUT2D eigenvalue weighted by molar-refractivity contribution is -0.134. The van der Waals surface area contributed by atoms with Crippen LogP contribution in [0.5, 0.6) is 0 Å². The lowest BCUT2D eigenvalue weighted by Gasteiger charge is -2.17. The zero-order valence-corrected chi connectivity index (χ0v) is 11.8. The molecule has 2 rings (SSSR count). The zero-order valence-electron chi connectivity index (χ0n) is 9.36. The van der Waals surface area contributed by atoms with E-state index >= 15 is 0 Å². The predicted molar refractivity (Wildman–Crippen MR) is 67.6 cm³/mol. The van der Waals surface area contributed by atoms with Crippen LogP contribution in [0.4, 0.5) is 13.2 Å². The molecule has 0 amide bonds. The molecule has 9 heteroatoms. The number of hydrogen-bond donors (Lipinski definition) is 1. The summed E-state index contributed by atoms with van der Waals surface area (Å²) in [7, 11) is 0. The molecule has 1 aromatic carbocycles. The van der Waals surface area contributed by atoms with Crippen LogP contribution in [-0.2, 0) is 0 Å². The Bertz CT molecular complexity index is 515. The molecule has 0 saturated carbocycles. The summed E-state index contributed by atoms with van der Waals surface area (Å²) in [5.74, 6) is 0. The van der Waals surface area contributed by atoms with E-state index in [1.165, 1.54) is 0 Å². The van der Waals surface area contributed by atoms with E-state index in [4.69, 9.17) is 0 Å². The molecule has 0 fully saturated rings. The fourth-order valence-electron chi connectivity index (χ4n) is 1.44. The van der Waals surface area contributed by atoms with Gasteiger partial charge >= 0.3 is 6.18 Å². The van der Waals surface area contributed by atoms with Crippen LogP contribution in [0.15, 0.2) is 33.9 Å². The largest absolute Gasteiger partial charge is 0.390 e. The Morgan fingerprint density at radius 3 is 2.47 bits per heavy atom. The van der Waals surface area contributed by atoms with Gasteiger partial charge in [0.15, 0.2) is 0 Å². The van der Waals surface area contributed by atoms with Gasteiger partial charge in [0.1, 0.15) is 0 Å². The number of halogens is 4. The van der Waals surface area contributed by atoms with Crippen LogP contribution in [-0.4, -0.2) is 26.8 Å². The maximum atomic E-state index is 12.6. The molecule has 0 aliphatic heterocycles. The monoisotopic (exact) mass is 352 g/mol. The minimum absolute atomic E-state index is 0.192. The highest BCUT2D eigenvalue weighted by Gasteiger charge is 2.33. The number of hydrogen-bond acceptors (Lipinski definition) is 4. The van der Waals surface area contributed by atoms with E-state index in [1.807, 2.05) is 0 Å². The van der Waals surface area contributed by atoms with E-state index in [-0.39, 0.29) is 5.16 Å². The second-order valence-corrected chi connectivity index (χ2v) is 5.76. The Labute approximate surface area is 119 Å². The molecule has 0 saturated heterocycles. The molecule has 1 heterocycles. The number of rotatable bonds is 4. The second-order valence-electron chi connectivity index (χ2n) is 3.67. The molecule has 0 radical (unpaired) electrons. The average Bonchev–Trinajstić information content (AvgIpc) is 2.80. The lowest BCUT2D eigenvalue weighted by atomic mass is 10.1. The van der Waals surface area contributed by atoms with Crippen molar-refractivity contribution in [2.24, 2.45) is 0 Å². The summed E-state index contributed by atoms with van der Waals surface area (Å²) in [4.78, 5) is 0. The van der Waals surface area contributed by atoms with Crippen molar-refractivity contribution in [2.75, 3.05) is 0 Å². The molecule has 1 N–H and O–H groups in total. The van der Waals surface area contributed by atoms with Gasteiger partial charge in [-0.1, -0.05) is 39.8 Å². The standard InChI is InChI=1S/C10H8BrF3N4S/c11-7-3-1-6(2-4-7)8(5-10(12,13)14)19-9-15-17-18-16-9/h1-4,8H,5H2,(H,15,16,17,18). The molecule has 1 atom stereocenters. The Morgan fingerprint density at radius 2 is 1.95 bits per heavy atom. The van der Waals surface area contributed by atoms with Gasteiger partial charge in [-0.25, -0.2) is 0 Å². The molecule has 19 heavy (non-hydrogen) atoms. The normalized spacial score (nSPS) is 13.5. The topological polar surface area (TPSA) is 54.5 Å². The molecule has 0 spiro atoms. The van der Waals surface area contributed by atoms with Crippen LogP contribution in [0, 0.1) is 0 Å². The van der Waals surface area contributed by atoms with Gasteiger partial charge in [0.05, 0.1) is 6.42 Å². The summed E-state index contributed by atoms with van der Waals surface area (Å²) in [6, 6.07) is 6.70. The number of H-pyrrole nitrogens is 1. The summed E-state index contributed by atoms with van der Waals surface area (Å²) in [6.45, 7) is 0. The molecule has 4 nitrogen and oxygen atoms in total. The minimum Gasteiger partial charge on any atom is -0.176 e. The summed E-state index contributed by atoms with van der Waals surface area (Å²) in [6.07, 6.45) is -5.21. The van der Waals surface area contributed by atoms with Crippen molar-refractivity contribution in [1.82, 2.24) is 20.6 Å². The fourth-order valence-corrected chi connectivity index (χ4v) is 2.71. The fraction of sp³-hybridized carbons (Fsp3) is 0.300. The van der Waals surface area contributed by atoms with Crippen LogP contribution in [0.3, 0.4) is 0 Å². The number of tetrazole rings is 1. The Kier molecular flexibility index (Phi) is 4.46. The third kappa shape index (κ3) is 4.50. The molecular weight excluding hydrogens is 345 g/mol. The number of alkyl halides is 3. The van der Waals surface area contributed by atoms with Gasteiger partial charge in [0, 0.05) is 9.72 Å². The maximum Gasteiger partial charge on any atom is 0.390 e. The van der Waals surface area contributed by atoms with Crippen LogP contribution in [0.2, 0.25) is 0 Å². The molecule has 0 aliphatic rings. The van der Waals surface area contributed by atoms with E-state index in [2.05, 4.69) is 36.6 Å². The first kappa shape index (κ1) is 14.3. The lowest BCUT2D eigenvalue weighted by Crippen LogP contribution is -2.12.